The van der Waals surface area contributed by atoms with Crippen LogP contribution in [-0.2, 0) is 15.9 Å². The Morgan fingerprint density at radius 2 is 2.11 bits per heavy atom. The van der Waals surface area contributed by atoms with Gasteiger partial charge in [-0.25, -0.2) is 0 Å². The maximum atomic E-state index is 5.77. The van der Waals surface area contributed by atoms with Crippen LogP contribution in [0.2, 0.25) is 0 Å². The summed E-state index contributed by atoms with van der Waals surface area (Å²) in [5, 5.41) is 7.88. The summed E-state index contributed by atoms with van der Waals surface area (Å²) in [4.78, 5) is 8.78. The summed E-state index contributed by atoms with van der Waals surface area (Å²) in [6.07, 6.45) is 4.99. The second kappa shape index (κ2) is 12.1. The van der Waals surface area contributed by atoms with E-state index in [1.807, 2.05) is 12.3 Å². The molecule has 1 atom stereocenters. The molecule has 1 fully saturated rings. The first-order valence-electron chi connectivity index (χ1n) is 9.33. The van der Waals surface area contributed by atoms with Gasteiger partial charge in [0.25, 0.3) is 0 Å². The highest BCUT2D eigenvalue weighted by atomic mass is 127. The van der Waals surface area contributed by atoms with E-state index >= 15 is 0 Å². The van der Waals surface area contributed by atoms with Gasteiger partial charge in [-0.1, -0.05) is 24.3 Å². The Bertz CT molecular complexity index is 715. The number of halogens is 1. The first-order valence-corrected chi connectivity index (χ1v) is 9.33. The van der Waals surface area contributed by atoms with Gasteiger partial charge in [0, 0.05) is 44.9 Å². The van der Waals surface area contributed by atoms with E-state index in [0.29, 0.717) is 0 Å². The van der Waals surface area contributed by atoms with Crippen LogP contribution in [0.4, 0.5) is 0 Å². The topological polar surface area (TPSA) is 67.8 Å². The van der Waals surface area contributed by atoms with E-state index in [1.54, 1.807) is 7.05 Å². The van der Waals surface area contributed by atoms with E-state index in [4.69, 9.17) is 9.47 Å². The van der Waals surface area contributed by atoms with Crippen molar-refractivity contribution in [3.8, 4) is 0 Å². The van der Waals surface area contributed by atoms with E-state index in [-0.39, 0.29) is 30.1 Å². The van der Waals surface area contributed by atoms with Crippen LogP contribution in [0.1, 0.15) is 18.4 Å². The van der Waals surface area contributed by atoms with E-state index in [9.17, 15) is 0 Å². The number of para-hydroxylation sites is 1. The van der Waals surface area contributed by atoms with Crippen LogP contribution in [0.25, 0.3) is 10.9 Å². The summed E-state index contributed by atoms with van der Waals surface area (Å²) < 4.78 is 11.1. The number of nitrogens with zero attached hydrogens (tertiary/aromatic N) is 2. The molecule has 0 spiro atoms. The highest BCUT2D eigenvalue weighted by Gasteiger charge is 2.15. The third-order valence-corrected chi connectivity index (χ3v) is 4.48. The second-order valence-electron chi connectivity index (χ2n) is 6.38. The van der Waals surface area contributed by atoms with E-state index < -0.39 is 0 Å². The van der Waals surface area contributed by atoms with E-state index in [2.05, 4.69) is 44.9 Å². The SMILES string of the molecule is CN=C(NCCCOC1CCOC1)NCCc1cccc2cccnc12.I. The fourth-order valence-electron chi connectivity index (χ4n) is 3.08. The van der Waals surface area contributed by atoms with Gasteiger partial charge in [0.1, 0.15) is 0 Å². The molecule has 3 rings (SSSR count). The van der Waals surface area contributed by atoms with Crippen LogP contribution in [0.5, 0.6) is 0 Å². The predicted octanol–water partition coefficient (Wildman–Crippen LogP) is 2.76. The van der Waals surface area contributed by atoms with Crippen molar-refractivity contribution >= 4 is 40.8 Å². The summed E-state index contributed by atoms with van der Waals surface area (Å²) >= 11 is 0. The Hall–Kier alpha value is -1.45. The number of aromatic nitrogens is 1. The highest BCUT2D eigenvalue weighted by Crippen LogP contribution is 2.15. The van der Waals surface area contributed by atoms with Crippen LogP contribution >= 0.6 is 24.0 Å². The maximum Gasteiger partial charge on any atom is 0.190 e. The first-order chi connectivity index (χ1) is 12.9. The molecular weight excluding hydrogens is 455 g/mol. The lowest BCUT2D eigenvalue weighted by Crippen LogP contribution is -2.39. The van der Waals surface area contributed by atoms with E-state index in [1.165, 1.54) is 10.9 Å². The standard InChI is InChI=1S/C20H28N4O2.HI/c1-21-20(23-11-4-13-26-18-9-14-25-15-18)24-12-8-17-6-2-5-16-7-3-10-22-19(16)17;/h2-3,5-7,10,18H,4,8-9,11-15H2,1H3,(H2,21,23,24);1H. The summed E-state index contributed by atoms with van der Waals surface area (Å²) in [5.41, 5.74) is 2.33. The van der Waals surface area contributed by atoms with Gasteiger partial charge >= 0.3 is 0 Å². The molecule has 0 radical (unpaired) electrons. The van der Waals surface area contributed by atoms with Crippen LogP contribution < -0.4 is 10.6 Å². The average Bonchev–Trinajstić information content (AvgIpc) is 3.20. The minimum atomic E-state index is 0. The number of rotatable bonds is 8. The molecule has 2 heterocycles. The average molecular weight is 484 g/mol. The molecule has 0 aliphatic carbocycles. The number of hydrogen-bond donors (Lipinski definition) is 2. The zero-order chi connectivity index (χ0) is 18.0. The molecule has 2 N–H and O–H groups in total. The molecule has 0 saturated carbocycles. The molecule has 0 bridgehead atoms. The quantitative estimate of drug-likeness (QED) is 0.261. The summed E-state index contributed by atoms with van der Waals surface area (Å²) in [5.74, 6) is 0.822. The molecule has 27 heavy (non-hydrogen) atoms. The third kappa shape index (κ3) is 6.90. The monoisotopic (exact) mass is 484 g/mol. The first kappa shape index (κ1) is 21.8. The van der Waals surface area contributed by atoms with Crippen LogP contribution in [0, 0.1) is 0 Å². The van der Waals surface area contributed by atoms with Crippen molar-refractivity contribution in [3.63, 3.8) is 0 Å². The molecule has 1 aliphatic heterocycles. The van der Waals surface area contributed by atoms with Crippen LogP contribution in [0.3, 0.4) is 0 Å². The lowest BCUT2D eigenvalue weighted by molar-refractivity contribution is 0.0420. The number of guanidine groups is 1. The van der Waals surface area contributed by atoms with Crippen molar-refractivity contribution in [2.45, 2.75) is 25.4 Å². The van der Waals surface area contributed by atoms with Crippen molar-refractivity contribution in [2.24, 2.45) is 4.99 Å². The fraction of sp³-hybridized carbons (Fsp3) is 0.500. The lowest BCUT2D eigenvalue weighted by Gasteiger charge is -2.13. The molecule has 2 aromatic rings. The highest BCUT2D eigenvalue weighted by molar-refractivity contribution is 14.0. The van der Waals surface area contributed by atoms with Gasteiger partial charge in [-0.15, -0.1) is 24.0 Å². The molecule has 1 aromatic carbocycles. The maximum absolute atomic E-state index is 5.77. The van der Waals surface area contributed by atoms with Gasteiger partial charge in [0.2, 0.25) is 0 Å². The molecule has 0 amide bonds. The minimum absolute atomic E-state index is 0. The van der Waals surface area contributed by atoms with Crippen molar-refractivity contribution < 1.29 is 9.47 Å². The van der Waals surface area contributed by atoms with Gasteiger partial charge in [-0.05, 0) is 30.9 Å². The molecule has 1 saturated heterocycles. The lowest BCUT2D eigenvalue weighted by atomic mass is 10.1. The second-order valence-corrected chi connectivity index (χ2v) is 6.38. The molecule has 148 valence electrons. The van der Waals surface area contributed by atoms with Gasteiger partial charge in [-0.3, -0.25) is 9.98 Å². The molecule has 7 heteroatoms. The normalized spacial score (nSPS) is 16.9. The van der Waals surface area contributed by atoms with Crippen molar-refractivity contribution in [2.75, 3.05) is 40.0 Å². The summed E-state index contributed by atoms with van der Waals surface area (Å²) in [6, 6.07) is 10.4. The third-order valence-electron chi connectivity index (χ3n) is 4.48. The number of fused-ring (bicyclic) bond motifs is 1. The van der Waals surface area contributed by atoms with Crippen LogP contribution in [0.15, 0.2) is 41.5 Å². The Labute approximate surface area is 178 Å². The van der Waals surface area contributed by atoms with Gasteiger partial charge in [-0.2, -0.15) is 0 Å². The Morgan fingerprint density at radius 1 is 1.26 bits per heavy atom. The number of nitrogens with one attached hydrogen (secondary N) is 2. The fourth-order valence-corrected chi connectivity index (χ4v) is 3.08. The summed E-state index contributed by atoms with van der Waals surface area (Å²) in [7, 11) is 1.79. The zero-order valence-electron chi connectivity index (χ0n) is 15.8. The number of ether oxygens (including phenoxy) is 2. The molecule has 6 nitrogen and oxygen atoms in total. The number of hydrogen-bond acceptors (Lipinski definition) is 4. The van der Waals surface area contributed by atoms with Crippen LogP contribution in [-0.4, -0.2) is 57.0 Å². The molecule has 1 unspecified atom stereocenters. The largest absolute Gasteiger partial charge is 0.379 e. The van der Waals surface area contributed by atoms with Gasteiger partial charge < -0.3 is 20.1 Å². The van der Waals surface area contributed by atoms with Crippen molar-refractivity contribution in [3.05, 3.63) is 42.1 Å². The van der Waals surface area contributed by atoms with Crippen molar-refractivity contribution in [1.29, 1.82) is 0 Å². The Balaban J connectivity index is 0.00000261. The predicted molar refractivity (Wildman–Crippen MR) is 120 cm³/mol. The Morgan fingerprint density at radius 3 is 2.93 bits per heavy atom. The van der Waals surface area contributed by atoms with E-state index in [0.717, 1.165) is 63.6 Å². The number of pyridine rings is 1. The molecular formula is C20H29IN4O2. The van der Waals surface area contributed by atoms with Gasteiger partial charge in [0.05, 0.1) is 18.2 Å². The van der Waals surface area contributed by atoms with Crippen molar-refractivity contribution in [1.82, 2.24) is 15.6 Å². The molecule has 1 aliphatic rings. The number of aliphatic imine (C=N–C) groups is 1. The summed E-state index contributed by atoms with van der Waals surface area (Å²) in [6.45, 7) is 3.96. The minimum Gasteiger partial charge on any atom is -0.379 e. The number of benzene rings is 1. The van der Waals surface area contributed by atoms with Gasteiger partial charge in [0.15, 0.2) is 5.96 Å². The smallest absolute Gasteiger partial charge is 0.190 e. The Kier molecular flexibility index (Phi) is 9.79. The zero-order valence-corrected chi connectivity index (χ0v) is 18.1. The molecule has 1 aromatic heterocycles.